The van der Waals surface area contributed by atoms with E-state index in [2.05, 4.69) is 17.1 Å². The molecule has 0 radical (unpaired) electrons. The monoisotopic (exact) mass is 246 g/mol. The van der Waals surface area contributed by atoms with E-state index < -0.39 is 0 Å². The number of carbonyl (C=O) groups excluding carboxylic acids is 1. The third kappa shape index (κ3) is 3.36. The fourth-order valence-corrected chi connectivity index (χ4v) is 2.40. The molecule has 94 valence electrons. The van der Waals surface area contributed by atoms with Crippen LogP contribution in [-0.2, 0) is 4.79 Å². The maximum atomic E-state index is 12.3. The van der Waals surface area contributed by atoms with Gasteiger partial charge in [-0.15, -0.1) is 12.4 Å². The van der Waals surface area contributed by atoms with Gasteiger partial charge >= 0.3 is 0 Å². The molecular formula is C12H23ClN2O. The number of carbonyl (C=O) groups is 1. The Morgan fingerprint density at radius 1 is 1.38 bits per heavy atom. The van der Waals surface area contributed by atoms with Crippen molar-refractivity contribution in [3.63, 3.8) is 0 Å². The molecule has 1 heterocycles. The SMILES string of the molecule is CCCN(C(=O)C1CCCNC1)C1CC1.Cl. The predicted octanol–water partition coefficient (Wildman–Crippen LogP) is 1.81. The van der Waals surface area contributed by atoms with Gasteiger partial charge in [-0.05, 0) is 38.6 Å². The molecule has 3 nitrogen and oxygen atoms in total. The molecule has 2 fully saturated rings. The van der Waals surface area contributed by atoms with Gasteiger partial charge in [0, 0.05) is 19.1 Å². The number of halogens is 1. The molecule has 0 aromatic heterocycles. The van der Waals surface area contributed by atoms with Gasteiger partial charge in [-0.1, -0.05) is 6.92 Å². The normalized spacial score (nSPS) is 24.7. The van der Waals surface area contributed by atoms with Crippen LogP contribution in [0.1, 0.15) is 39.0 Å². The Labute approximate surface area is 104 Å². The first kappa shape index (κ1) is 13.8. The van der Waals surface area contributed by atoms with Crippen LogP contribution in [0.3, 0.4) is 0 Å². The van der Waals surface area contributed by atoms with Gasteiger partial charge in [-0.25, -0.2) is 0 Å². The highest BCUT2D eigenvalue weighted by Gasteiger charge is 2.35. The lowest BCUT2D eigenvalue weighted by Crippen LogP contribution is -2.44. The smallest absolute Gasteiger partial charge is 0.227 e. The van der Waals surface area contributed by atoms with E-state index in [0.29, 0.717) is 11.9 Å². The molecule has 0 bridgehead atoms. The Kier molecular flexibility index (Phi) is 5.56. The van der Waals surface area contributed by atoms with Crippen LogP contribution in [0.4, 0.5) is 0 Å². The molecule has 2 rings (SSSR count). The first-order valence-corrected chi connectivity index (χ1v) is 6.34. The second kappa shape index (κ2) is 6.45. The summed E-state index contributed by atoms with van der Waals surface area (Å²) in [4.78, 5) is 14.4. The zero-order valence-electron chi connectivity index (χ0n) is 10.1. The van der Waals surface area contributed by atoms with Crippen molar-refractivity contribution in [1.82, 2.24) is 10.2 Å². The van der Waals surface area contributed by atoms with Gasteiger partial charge in [0.1, 0.15) is 0 Å². The highest BCUT2D eigenvalue weighted by atomic mass is 35.5. The van der Waals surface area contributed by atoms with E-state index in [1.54, 1.807) is 0 Å². The van der Waals surface area contributed by atoms with Crippen LogP contribution in [0, 0.1) is 5.92 Å². The molecule has 1 aliphatic heterocycles. The van der Waals surface area contributed by atoms with E-state index in [1.165, 1.54) is 12.8 Å². The average molecular weight is 247 g/mol. The van der Waals surface area contributed by atoms with Crippen LogP contribution < -0.4 is 5.32 Å². The number of piperidine rings is 1. The van der Waals surface area contributed by atoms with Gasteiger partial charge in [0.15, 0.2) is 0 Å². The Bertz CT molecular complexity index is 225. The molecule has 1 saturated heterocycles. The van der Waals surface area contributed by atoms with Gasteiger partial charge in [-0.3, -0.25) is 4.79 Å². The van der Waals surface area contributed by atoms with Crippen molar-refractivity contribution >= 4 is 18.3 Å². The Morgan fingerprint density at radius 2 is 2.12 bits per heavy atom. The van der Waals surface area contributed by atoms with Crippen LogP contribution in [-0.4, -0.2) is 36.5 Å². The van der Waals surface area contributed by atoms with Crippen LogP contribution in [0.5, 0.6) is 0 Å². The van der Waals surface area contributed by atoms with Gasteiger partial charge in [0.05, 0.1) is 5.92 Å². The summed E-state index contributed by atoms with van der Waals surface area (Å²) in [5, 5.41) is 3.32. The lowest BCUT2D eigenvalue weighted by Gasteiger charge is -2.29. The minimum atomic E-state index is 0. The zero-order valence-corrected chi connectivity index (χ0v) is 10.9. The maximum absolute atomic E-state index is 12.3. The van der Waals surface area contributed by atoms with Crippen LogP contribution in [0.25, 0.3) is 0 Å². The summed E-state index contributed by atoms with van der Waals surface area (Å²) in [6.07, 6.45) is 5.78. The fourth-order valence-electron chi connectivity index (χ4n) is 2.40. The van der Waals surface area contributed by atoms with Crippen molar-refractivity contribution in [2.75, 3.05) is 19.6 Å². The lowest BCUT2D eigenvalue weighted by atomic mass is 9.98. The van der Waals surface area contributed by atoms with Gasteiger partial charge in [-0.2, -0.15) is 0 Å². The number of hydrogen-bond donors (Lipinski definition) is 1. The average Bonchev–Trinajstić information content (AvgIpc) is 3.10. The van der Waals surface area contributed by atoms with Crippen molar-refractivity contribution in [1.29, 1.82) is 0 Å². The lowest BCUT2D eigenvalue weighted by molar-refractivity contribution is -0.136. The van der Waals surface area contributed by atoms with E-state index in [1.807, 2.05) is 0 Å². The first-order valence-electron chi connectivity index (χ1n) is 6.34. The molecule has 16 heavy (non-hydrogen) atoms. The molecule has 0 spiro atoms. The highest BCUT2D eigenvalue weighted by molar-refractivity contribution is 5.85. The van der Waals surface area contributed by atoms with Gasteiger partial charge < -0.3 is 10.2 Å². The third-order valence-electron chi connectivity index (χ3n) is 3.38. The summed E-state index contributed by atoms with van der Waals surface area (Å²) >= 11 is 0. The summed E-state index contributed by atoms with van der Waals surface area (Å²) in [6.45, 7) is 5.09. The third-order valence-corrected chi connectivity index (χ3v) is 3.38. The largest absolute Gasteiger partial charge is 0.339 e. The zero-order chi connectivity index (χ0) is 10.7. The highest BCUT2D eigenvalue weighted by Crippen LogP contribution is 2.29. The molecule has 1 atom stereocenters. The standard InChI is InChI=1S/C12H22N2O.ClH/c1-2-8-14(11-5-6-11)12(15)10-4-3-7-13-9-10;/h10-11,13H,2-9H2,1H3;1H. The number of hydrogen-bond acceptors (Lipinski definition) is 2. The number of nitrogens with one attached hydrogen (secondary N) is 1. The maximum Gasteiger partial charge on any atom is 0.227 e. The van der Waals surface area contributed by atoms with Crippen molar-refractivity contribution in [2.24, 2.45) is 5.92 Å². The van der Waals surface area contributed by atoms with Crippen molar-refractivity contribution < 1.29 is 4.79 Å². The Morgan fingerprint density at radius 3 is 2.62 bits per heavy atom. The number of rotatable bonds is 4. The minimum absolute atomic E-state index is 0. The molecule has 1 saturated carbocycles. The molecule has 1 amide bonds. The van der Waals surface area contributed by atoms with E-state index in [-0.39, 0.29) is 18.3 Å². The number of nitrogens with zero attached hydrogens (tertiary/aromatic N) is 1. The molecular weight excluding hydrogens is 224 g/mol. The fraction of sp³-hybridized carbons (Fsp3) is 0.917. The summed E-state index contributed by atoms with van der Waals surface area (Å²) < 4.78 is 0. The van der Waals surface area contributed by atoms with Crippen LogP contribution in [0.2, 0.25) is 0 Å². The van der Waals surface area contributed by atoms with E-state index in [4.69, 9.17) is 0 Å². The van der Waals surface area contributed by atoms with Crippen molar-refractivity contribution in [2.45, 2.75) is 45.1 Å². The minimum Gasteiger partial charge on any atom is -0.339 e. The molecule has 0 aromatic rings. The van der Waals surface area contributed by atoms with Crippen LogP contribution in [0.15, 0.2) is 0 Å². The topological polar surface area (TPSA) is 32.3 Å². The predicted molar refractivity (Wildman–Crippen MR) is 67.9 cm³/mol. The molecule has 0 aromatic carbocycles. The first-order chi connectivity index (χ1) is 7.33. The quantitative estimate of drug-likeness (QED) is 0.821. The molecule has 4 heteroatoms. The van der Waals surface area contributed by atoms with Crippen molar-refractivity contribution in [3.8, 4) is 0 Å². The summed E-state index contributed by atoms with van der Waals surface area (Å²) in [6, 6.07) is 0.583. The summed E-state index contributed by atoms with van der Waals surface area (Å²) in [5.41, 5.74) is 0. The van der Waals surface area contributed by atoms with E-state index >= 15 is 0 Å². The number of amides is 1. The summed E-state index contributed by atoms with van der Waals surface area (Å²) in [7, 11) is 0. The van der Waals surface area contributed by atoms with Gasteiger partial charge in [0.25, 0.3) is 0 Å². The van der Waals surface area contributed by atoms with Crippen molar-refractivity contribution in [3.05, 3.63) is 0 Å². The molecule has 2 aliphatic rings. The van der Waals surface area contributed by atoms with E-state index in [0.717, 1.165) is 38.9 Å². The second-order valence-electron chi connectivity index (χ2n) is 4.81. The van der Waals surface area contributed by atoms with E-state index in [9.17, 15) is 4.79 Å². The van der Waals surface area contributed by atoms with Crippen LogP contribution >= 0.6 is 12.4 Å². The Balaban J connectivity index is 0.00000128. The Hall–Kier alpha value is -0.280. The molecule has 1 N–H and O–H groups in total. The summed E-state index contributed by atoms with van der Waals surface area (Å²) in [5.74, 6) is 0.664. The van der Waals surface area contributed by atoms with Gasteiger partial charge in [0.2, 0.25) is 5.91 Å². The molecule has 1 aliphatic carbocycles. The molecule has 1 unspecified atom stereocenters. The second-order valence-corrected chi connectivity index (χ2v) is 4.81.